The van der Waals surface area contributed by atoms with Gasteiger partial charge in [-0.25, -0.2) is 0 Å². The first-order valence-electron chi connectivity index (χ1n) is 8.76. The lowest BCUT2D eigenvalue weighted by atomic mass is 9.98. The van der Waals surface area contributed by atoms with Gasteiger partial charge in [0.25, 0.3) is 0 Å². The van der Waals surface area contributed by atoms with Crippen LogP contribution in [-0.4, -0.2) is 25.8 Å². The first kappa shape index (κ1) is 17.0. The molecule has 0 heterocycles. The molecule has 19 heavy (non-hydrogen) atoms. The molecule has 0 saturated heterocycles. The van der Waals surface area contributed by atoms with E-state index in [1.54, 1.807) is 0 Å². The number of ether oxygens (including phenoxy) is 1. The van der Waals surface area contributed by atoms with Gasteiger partial charge in [-0.2, -0.15) is 0 Å². The third-order valence-electron chi connectivity index (χ3n) is 4.11. The standard InChI is InChI=1S/C17H35NO/c1-2-3-4-5-6-10-14-18-15-11-16-19-17-12-8-7-9-13-17/h17-18H,2-16H2,1H3. The first-order valence-corrected chi connectivity index (χ1v) is 8.76. The second kappa shape index (κ2) is 12.9. The fourth-order valence-corrected chi connectivity index (χ4v) is 2.83. The third kappa shape index (κ3) is 10.4. The number of hydrogen-bond acceptors (Lipinski definition) is 2. The molecule has 1 aliphatic carbocycles. The van der Waals surface area contributed by atoms with Crippen LogP contribution in [0.2, 0.25) is 0 Å². The van der Waals surface area contributed by atoms with Crippen molar-refractivity contribution in [2.45, 2.75) is 90.1 Å². The van der Waals surface area contributed by atoms with E-state index >= 15 is 0 Å². The van der Waals surface area contributed by atoms with E-state index in [9.17, 15) is 0 Å². The number of unbranched alkanes of at least 4 members (excludes halogenated alkanes) is 5. The Morgan fingerprint density at radius 1 is 0.842 bits per heavy atom. The molecule has 0 unspecified atom stereocenters. The van der Waals surface area contributed by atoms with Crippen LogP contribution in [0.15, 0.2) is 0 Å². The summed E-state index contributed by atoms with van der Waals surface area (Å²) < 4.78 is 5.91. The average Bonchev–Trinajstić information content (AvgIpc) is 2.46. The van der Waals surface area contributed by atoms with E-state index in [4.69, 9.17) is 4.74 Å². The average molecular weight is 269 g/mol. The van der Waals surface area contributed by atoms with Crippen molar-refractivity contribution < 1.29 is 4.74 Å². The second-order valence-electron chi connectivity index (χ2n) is 6.00. The number of hydrogen-bond donors (Lipinski definition) is 1. The van der Waals surface area contributed by atoms with Gasteiger partial charge in [0, 0.05) is 6.61 Å². The Bertz CT molecular complexity index is 178. The minimum absolute atomic E-state index is 0.576. The molecule has 1 rings (SSSR count). The minimum atomic E-state index is 0.576. The van der Waals surface area contributed by atoms with Crippen molar-refractivity contribution in [1.82, 2.24) is 5.32 Å². The minimum Gasteiger partial charge on any atom is -0.378 e. The predicted octanol–water partition coefficient (Wildman–Crippen LogP) is 4.68. The molecule has 0 radical (unpaired) electrons. The summed E-state index contributed by atoms with van der Waals surface area (Å²) in [5.74, 6) is 0. The molecule has 1 saturated carbocycles. The van der Waals surface area contributed by atoms with E-state index in [1.807, 2.05) is 0 Å². The van der Waals surface area contributed by atoms with Gasteiger partial charge in [0.05, 0.1) is 6.10 Å². The van der Waals surface area contributed by atoms with Gasteiger partial charge in [-0.3, -0.25) is 0 Å². The second-order valence-corrected chi connectivity index (χ2v) is 6.00. The molecule has 0 bridgehead atoms. The summed E-state index contributed by atoms with van der Waals surface area (Å²) in [6, 6.07) is 0. The highest BCUT2D eigenvalue weighted by Crippen LogP contribution is 2.20. The summed E-state index contributed by atoms with van der Waals surface area (Å²) in [6.45, 7) is 5.54. The maximum absolute atomic E-state index is 5.91. The SMILES string of the molecule is CCCCCCCCNCCCOC1CCCCC1. The van der Waals surface area contributed by atoms with Crippen molar-refractivity contribution in [3.63, 3.8) is 0 Å². The lowest BCUT2D eigenvalue weighted by molar-refractivity contribution is 0.0273. The molecule has 0 amide bonds. The van der Waals surface area contributed by atoms with Gasteiger partial charge < -0.3 is 10.1 Å². The Kier molecular flexibility index (Phi) is 11.5. The molecule has 0 atom stereocenters. The molecule has 1 fully saturated rings. The van der Waals surface area contributed by atoms with Crippen LogP contribution >= 0.6 is 0 Å². The molecule has 0 aromatic carbocycles. The smallest absolute Gasteiger partial charge is 0.0575 e. The Labute approximate surface area is 120 Å². The van der Waals surface area contributed by atoms with Crippen molar-refractivity contribution in [3.05, 3.63) is 0 Å². The van der Waals surface area contributed by atoms with Crippen molar-refractivity contribution in [2.24, 2.45) is 0 Å². The molecule has 0 aromatic heterocycles. The van der Waals surface area contributed by atoms with Gasteiger partial charge in [0.2, 0.25) is 0 Å². The Balaban J connectivity index is 1.71. The summed E-state index contributed by atoms with van der Waals surface area (Å²) in [4.78, 5) is 0. The summed E-state index contributed by atoms with van der Waals surface area (Å²) in [7, 11) is 0. The zero-order chi connectivity index (χ0) is 13.6. The van der Waals surface area contributed by atoms with Gasteiger partial charge >= 0.3 is 0 Å². The quantitative estimate of drug-likeness (QED) is 0.520. The highest BCUT2D eigenvalue weighted by molar-refractivity contribution is 4.65. The molecule has 114 valence electrons. The normalized spacial score (nSPS) is 16.9. The van der Waals surface area contributed by atoms with E-state index in [2.05, 4.69) is 12.2 Å². The largest absolute Gasteiger partial charge is 0.378 e. The zero-order valence-electron chi connectivity index (χ0n) is 13.1. The fourth-order valence-electron chi connectivity index (χ4n) is 2.83. The van der Waals surface area contributed by atoms with Crippen molar-refractivity contribution in [2.75, 3.05) is 19.7 Å². The Hall–Kier alpha value is -0.0800. The molecule has 1 N–H and O–H groups in total. The predicted molar refractivity (Wildman–Crippen MR) is 83.7 cm³/mol. The maximum Gasteiger partial charge on any atom is 0.0575 e. The Morgan fingerprint density at radius 3 is 2.32 bits per heavy atom. The first-order chi connectivity index (χ1) is 9.43. The van der Waals surface area contributed by atoms with Crippen LogP contribution in [0.25, 0.3) is 0 Å². The third-order valence-corrected chi connectivity index (χ3v) is 4.11. The van der Waals surface area contributed by atoms with Gasteiger partial charge in [0.1, 0.15) is 0 Å². The van der Waals surface area contributed by atoms with E-state index in [0.717, 1.165) is 13.2 Å². The van der Waals surface area contributed by atoms with Gasteiger partial charge in [-0.05, 0) is 38.8 Å². The van der Waals surface area contributed by atoms with Crippen LogP contribution < -0.4 is 5.32 Å². The number of rotatable bonds is 12. The number of nitrogens with one attached hydrogen (secondary N) is 1. The van der Waals surface area contributed by atoms with E-state index in [0.29, 0.717) is 6.10 Å². The van der Waals surface area contributed by atoms with Crippen LogP contribution in [0.5, 0.6) is 0 Å². The summed E-state index contributed by atoms with van der Waals surface area (Å²) in [5.41, 5.74) is 0. The molecule has 0 aromatic rings. The van der Waals surface area contributed by atoms with Crippen molar-refractivity contribution >= 4 is 0 Å². The van der Waals surface area contributed by atoms with Gasteiger partial charge in [0.15, 0.2) is 0 Å². The summed E-state index contributed by atoms with van der Waals surface area (Å²) in [6.07, 6.45) is 16.8. The molecular weight excluding hydrogens is 234 g/mol. The monoisotopic (exact) mass is 269 g/mol. The van der Waals surface area contributed by atoms with E-state index < -0.39 is 0 Å². The van der Waals surface area contributed by atoms with Crippen LogP contribution in [0.1, 0.15) is 84.0 Å². The van der Waals surface area contributed by atoms with Crippen LogP contribution in [0.3, 0.4) is 0 Å². The molecule has 0 aliphatic heterocycles. The van der Waals surface area contributed by atoms with E-state index in [1.165, 1.54) is 83.6 Å². The highest BCUT2D eigenvalue weighted by atomic mass is 16.5. The van der Waals surface area contributed by atoms with Gasteiger partial charge in [-0.1, -0.05) is 58.3 Å². The molecule has 2 heteroatoms. The van der Waals surface area contributed by atoms with Crippen molar-refractivity contribution in [1.29, 1.82) is 0 Å². The van der Waals surface area contributed by atoms with Crippen LogP contribution in [0, 0.1) is 0 Å². The molecule has 1 aliphatic rings. The van der Waals surface area contributed by atoms with Crippen LogP contribution in [0.4, 0.5) is 0 Å². The lowest BCUT2D eigenvalue weighted by Gasteiger charge is -2.21. The fraction of sp³-hybridized carbons (Fsp3) is 1.00. The maximum atomic E-state index is 5.91. The van der Waals surface area contributed by atoms with E-state index in [-0.39, 0.29) is 0 Å². The zero-order valence-corrected chi connectivity index (χ0v) is 13.1. The summed E-state index contributed by atoms with van der Waals surface area (Å²) in [5, 5.41) is 3.53. The lowest BCUT2D eigenvalue weighted by Crippen LogP contribution is -2.21. The van der Waals surface area contributed by atoms with Gasteiger partial charge in [-0.15, -0.1) is 0 Å². The Morgan fingerprint density at radius 2 is 1.53 bits per heavy atom. The highest BCUT2D eigenvalue weighted by Gasteiger charge is 2.12. The molecule has 0 spiro atoms. The van der Waals surface area contributed by atoms with Crippen LogP contribution in [-0.2, 0) is 4.74 Å². The topological polar surface area (TPSA) is 21.3 Å². The molecule has 2 nitrogen and oxygen atoms in total. The van der Waals surface area contributed by atoms with Crippen molar-refractivity contribution in [3.8, 4) is 0 Å². The summed E-state index contributed by atoms with van der Waals surface area (Å²) >= 11 is 0. The molecular formula is C17H35NO.